The molecule has 2 N–H and O–H groups in total. The Morgan fingerprint density at radius 2 is 1.84 bits per heavy atom. The number of ether oxygens (including phenoxy) is 1. The van der Waals surface area contributed by atoms with E-state index in [1.54, 1.807) is 31.2 Å². The Labute approximate surface area is 189 Å². The summed E-state index contributed by atoms with van der Waals surface area (Å²) in [7, 11) is 1.54. The van der Waals surface area contributed by atoms with Gasteiger partial charge in [0.1, 0.15) is 16.9 Å². The monoisotopic (exact) mass is 449 g/mol. The van der Waals surface area contributed by atoms with Gasteiger partial charge in [-0.1, -0.05) is 35.9 Å². The van der Waals surface area contributed by atoms with Crippen molar-refractivity contribution < 1.29 is 18.7 Å². The number of hydrogen-bond donors (Lipinski definition) is 2. The molecule has 0 aliphatic rings. The summed E-state index contributed by atoms with van der Waals surface area (Å²) in [5, 5.41) is 9.14. The molecule has 3 aromatic carbocycles. The maximum Gasteiger partial charge on any atom is 0.271 e. The van der Waals surface area contributed by atoms with Crippen LogP contribution in [0.1, 0.15) is 23.7 Å². The summed E-state index contributed by atoms with van der Waals surface area (Å²) in [6.45, 7) is 1.65. The van der Waals surface area contributed by atoms with Gasteiger partial charge in [-0.05, 0) is 37.3 Å². The van der Waals surface area contributed by atoms with Crippen LogP contribution in [0.2, 0.25) is 5.02 Å². The summed E-state index contributed by atoms with van der Waals surface area (Å²) in [6.07, 6.45) is -0.0167. The molecule has 2 amide bonds. The van der Waals surface area contributed by atoms with E-state index >= 15 is 0 Å². The van der Waals surface area contributed by atoms with E-state index in [0.29, 0.717) is 33.3 Å². The summed E-state index contributed by atoms with van der Waals surface area (Å²) >= 11 is 5.90. The second-order valence-electron chi connectivity index (χ2n) is 7.17. The summed E-state index contributed by atoms with van der Waals surface area (Å²) in [4.78, 5) is 24.7. The number of anilines is 1. The van der Waals surface area contributed by atoms with Crippen molar-refractivity contribution in [2.75, 3.05) is 12.4 Å². The molecule has 162 valence electrons. The minimum Gasteiger partial charge on any atom is -0.495 e. The van der Waals surface area contributed by atoms with E-state index in [9.17, 15) is 9.59 Å². The molecular formula is C24H20ClN3O4. The van der Waals surface area contributed by atoms with E-state index in [1.165, 1.54) is 13.2 Å². The van der Waals surface area contributed by atoms with Crippen LogP contribution in [0.5, 0.6) is 5.75 Å². The fraction of sp³-hybridized carbons (Fsp3) is 0.125. The van der Waals surface area contributed by atoms with Crippen LogP contribution in [0.25, 0.3) is 21.9 Å². The van der Waals surface area contributed by atoms with Gasteiger partial charge < -0.3 is 14.5 Å². The molecule has 0 radical (unpaired) electrons. The lowest BCUT2D eigenvalue weighted by molar-refractivity contribution is -0.115. The van der Waals surface area contributed by atoms with Gasteiger partial charge in [-0.25, -0.2) is 5.43 Å². The topological polar surface area (TPSA) is 92.9 Å². The highest BCUT2D eigenvalue weighted by Gasteiger charge is 2.15. The number of fused-ring (bicyclic) bond motifs is 3. The molecule has 0 atom stereocenters. The number of nitrogens with one attached hydrogen (secondary N) is 2. The Kier molecular flexibility index (Phi) is 6.09. The van der Waals surface area contributed by atoms with Crippen LogP contribution >= 0.6 is 11.6 Å². The molecule has 0 fully saturated rings. The van der Waals surface area contributed by atoms with Crippen molar-refractivity contribution in [2.24, 2.45) is 5.10 Å². The molecule has 4 rings (SSSR count). The SMILES string of the molecule is COc1cc2c(cc1NC(=O)C/C(C)=N/NC(=O)c1cccc(Cl)c1)oc1ccccc12. The first kappa shape index (κ1) is 21.4. The Bertz CT molecular complexity index is 1360. The van der Waals surface area contributed by atoms with Crippen LogP contribution in [0.3, 0.4) is 0 Å². The summed E-state index contributed by atoms with van der Waals surface area (Å²) < 4.78 is 11.3. The zero-order valence-electron chi connectivity index (χ0n) is 17.4. The molecule has 0 aliphatic carbocycles. The Morgan fingerprint density at radius 1 is 1.03 bits per heavy atom. The number of halogens is 1. The first-order chi connectivity index (χ1) is 15.4. The van der Waals surface area contributed by atoms with Crippen molar-refractivity contribution in [3.63, 3.8) is 0 Å². The molecule has 4 aromatic rings. The van der Waals surface area contributed by atoms with E-state index in [4.69, 9.17) is 20.8 Å². The zero-order chi connectivity index (χ0) is 22.7. The Balaban J connectivity index is 1.46. The first-order valence-corrected chi connectivity index (χ1v) is 10.2. The number of furan rings is 1. The fourth-order valence-corrected chi connectivity index (χ4v) is 3.52. The number of nitrogens with zero attached hydrogens (tertiary/aromatic N) is 1. The quantitative estimate of drug-likeness (QED) is 0.305. The van der Waals surface area contributed by atoms with Crippen LogP contribution in [-0.2, 0) is 4.79 Å². The lowest BCUT2D eigenvalue weighted by atomic mass is 10.1. The minimum atomic E-state index is -0.413. The highest BCUT2D eigenvalue weighted by Crippen LogP contribution is 2.36. The third-order valence-electron chi connectivity index (χ3n) is 4.82. The number of carbonyl (C=O) groups excluding carboxylic acids is 2. The van der Waals surface area contributed by atoms with E-state index in [1.807, 2.05) is 30.3 Å². The van der Waals surface area contributed by atoms with Crippen molar-refractivity contribution in [1.29, 1.82) is 0 Å². The van der Waals surface area contributed by atoms with Crippen LogP contribution in [0, 0.1) is 0 Å². The van der Waals surface area contributed by atoms with E-state index in [0.717, 1.165) is 16.4 Å². The van der Waals surface area contributed by atoms with Gasteiger partial charge in [0, 0.05) is 33.1 Å². The molecule has 32 heavy (non-hydrogen) atoms. The third-order valence-corrected chi connectivity index (χ3v) is 5.06. The number of benzene rings is 3. The van der Waals surface area contributed by atoms with Gasteiger partial charge in [0.15, 0.2) is 0 Å². The number of hydrogen-bond acceptors (Lipinski definition) is 5. The van der Waals surface area contributed by atoms with Gasteiger partial charge in [0.25, 0.3) is 5.91 Å². The number of amides is 2. The molecule has 1 heterocycles. The largest absolute Gasteiger partial charge is 0.495 e. The molecular weight excluding hydrogens is 430 g/mol. The molecule has 0 aliphatic heterocycles. The van der Waals surface area contributed by atoms with Gasteiger partial charge in [-0.3, -0.25) is 9.59 Å². The highest BCUT2D eigenvalue weighted by molar-refractivity contribution is 6.31. The molecule has 7 nitrogen and oxygen atoms in total. The fourth-order valence-electron chi connectivity index (χ4n) is 3.32. The minimum absolute atomic E-state index is 0.0167. The maximum absolute atomic E-state index is 12.6. The van der Waals surface area contributed by atoms with E-state index in [-0.39, 0.29) is 12.3 Å². The number of carbonyl (C=O) groups is 2. The standard InChI is InChI=1S/C24H20ClN3O4/c1-14(27-28-24(30)15-6-5-7-16(25)11-15)10-23(29)26-19-13-21-18(12-22(19)31-2)17-8-3-4-9-20(17)32-21/h3-9,11-13H,10H2,1-2H3,(H,26,29)(H,28,30)/b27-14+. The van der Waals surface area contributed by atoms with Crippen molar-refractivity contribution in [2.45, 2.75) is 13.3 Å². The first-order valence-electron chi connectivity index (χ1n) is 9.83. The average Bonchev–Trinajstić information content (AvgIpc) is 3.14. The molecule has 1 aromatic heterocycles. The third kappa shape index (κ3) is 4.58. The van der Waals surface area contributed by atoms with E-state index in [2.05, 4.69) is 15.8 Å². The lowest BCUT2D eigenvalue weighted by Crippen LogP contribution is -2.21. The van der Waals surface area contributed by atoms with Gasteiger partial charge in [-0.2, -0.15) is 5.10 Å². The highest BCUT2D eigenvalue weighted by atomic mass is 35.5. The van der Waals surface area contributed by atoms with E-state index < -0.39 is 5.91 Å². The number of para-hydroxylation sites is 1. The average molecular weight is 450 g/mol. The zero-order valence-corrected chi connectivity index (χ0v) is 18.2. The molecule has 0 bridgehead atoms. The Morgan fingerprint density at radius 3 is 2.62 bits per heavy atom. The Hall–Kier alpha value is -3.84. The summed E-state index contributed by atoms with van der Waals surface area (Å²) in [6, 6.07) is 17.8. The van der Waals surface area contributed by atoms with Crippen molar-refractivity contribution in [3.8, 4) is 5.75 Å². The predicted octanol–water partition coefficient (Wildman–Crippen LogP) is 5.38. The van der Waals surface area contributed by atoms with Crippen molar-refractivity contribution >= 4 is 56.8 Å². The van der Waals surface area contributed by atoms with Gasteiger partial charge >= 0.3 is 0 Å². The van der Waals surface area contributed by atoms with Crippen LogP contribution in [0.15, 0.2) is 70.2 Å². The van der Waals surface area contributed by atoms with Crippen molar-refractivity contribution in [1.82, 2.24) is 5.43 Å². The normalized spacial score (nSPS) is 11.5. The molecule has 0 unspecified atom stereocenters. The summed E-state index contributed by atoms with van der Waals surface area (Å²) in [5.74, 6) is -0.206. The van der Waals surface area contributed by atoms with Gasteiger partial charge in [0.05, 0.1) is 19.2 Å². The second-order valence-corrected chi connectivity index (χ2v) is 7.61. The second kappa shape index (κ2) is 9.11. The summed E-state index contributed by atoms with van der Waals surface area (Å²) in [5.41, 5.74) is 5.12. The number of methoxy groups -OCH3 is 1. The number of rotatable bonds is 6. The van der Waals surface area contributed by atoms with Gasteiger partial charge in [-0.15, -0.1) is 0 Å². The molecule has 0 spiro atoms. The van der Waals surface area contributed by atoms with Crippen LogP contribution < -0.4 is 15.5 Å². The maximum atomic E-state index is 12.6. The van der Waals surface area contributed by atoms with Crippen LogP contribution in [-0.4, -0.2) is 24.6 Å². The molecule has 0 saturated carbocycles. The van der Waals surface area contributed by atoms with Crippen molar-refractivity contribution in [3.05, 3.63) is 71.2 Å². The smallest absolute Gasteiger partial charge is 0.271 e. The lowest BCUT2D eigenvalue weighted by Gasteiger charge is -2.10. The van der Waals surface area contributed by atoms with Crippen LogP contribution in [0.4, 0.5) is 5.69 Å². The molecule has 8 heteroatoms. The predicted molar refractivity (Wildman–Crippen MR) is 126 cm³/mol. The molecule has 0 saturated heterocycles. The number of hydrazone groups is 1. The van der Waals surface area contributed by atoms with Gasteiger partial charge in [0.2, 0.25) is 5.91 Å².